The maximum atomic E-state index is 11.5. The number of hydrogen-bond acceptors (Lipinski definition) is 4. The average Bonchev–Trinajstić information content (AvgIpc) is 3.16. The van der Waals surface area contributed by atoms with Crippen LogP contribution in [-0.2, 0) is 17.8 Å². The molecule has 3 aromatic rings. The van der Waals surface area contributed by atoms with Crippen molar-refractivity contribution in [2.75, 3.05) is 34.4 Å². The predicted molar refractivity (Wildman–Crippen MR) is 122 cm³/mol. The Morgan fingerprint density at radius 2 is 1.83 bits per heavy atom. The molecule has 0 fully saturated rings. The molecular weight excluding hydrogens is 378 g/mol. The first-order chi connectivity index (χ1) is 14.6. The lowest BCUT2D eigenvalue weighted by Gasteiger charge is -2.25. The minimum atomic E-state index is 0.0105. The monoisotopic (exact) mass is 411 g/mol. The second-order valence-electron chi connectivity index (χ2n) is 7.38. The summed E-state index contributed by atoms with van der Waals surface area (Å²) in [5.41, 5.74) is 3.60. The third-order valence-corrected chi connectivity index (χ3v) is 5.03. The number of rotatable bonds is 9. The summed E-state index contributed by atoms with van der Waals surface area (Å²) in [5.74, 6) is 1.23. The molecule has 0 aliphatic carbocycles. The second-order valence-corrected chi connectivity index (χ2v) is 7.38. The number of aromatic nitrogens is 1. The molecule has 162 valence electrons. The minimum Gasteiger partial charge on any atom is -0.496 e. The molecule has 6 nitrogen and oxygen atoms in total. The number of aromatic amines is 1. The Morgan fingerprint density at radius 3 is 2.57 bits per heavy atom. The molecule has 1 aromatic heterocycles. The van der Waals surface area contributed by atoms with Crippen LogP contribution in [0.5, 0.6) is 5.75 Å². The van der Waals surface area contributed by atoms with Crippen molar-refractivity contribution in [3.63, 3.8) is 0 Å². The maximum Gasteiger partial charge on any atom is 0.216 e. The normalized spacial score (nSPS) is 11.7. The molecule has 1 unspecified atom stereocenters. The van der Waals surface area contributed by atoms with Crippen LogP contribution in [0.1, 0.15) is 18.1 Å². The van der Waals surface area contributed by atoms with E-state index >= 15 is 0 Å². The van der Waals surface area contributed by atoms with Gasteiger partial charge in [-0.15, -0.1) is 0 Å². The van der Waals surface area contributed by atoms with Crippen LogP contribution in [0.25, 0.3) is 10.9 Å². The Morgan fingerprint density at radius 1 is 1.13 bits per heavy atom. The lowest BCUT2D eigenvalue weighted by Crippen LogP contribution is -2.35. The summed E-state index contributed by atoms with van der Waals surface area (Å²) >= 11 is 0. The first-order valence-electron chi connectivity index (χ1n) is 10.1. The van der Waals surface area contributed by atoms with E-state index in [0.29, 0.717) is 12.5 Å². The van der Waals surface area contributed by atoms with Crippen molar-refractivity contribution in [3.8, 4) is 5.75 Å². The molecule has 3 rings (SSSR count). The summed E-state index contributed by atoms with van der Waals surface area (Å²) in [5, 5.41) is 11.2. The number of methoxy groups -OCH3 is 1. The van der Waals surface area contributed by atoms with E-state index in [-0.39, 0.29) is 5.91 Å². The van der Waals surface area contributed by atoms with Gasteiger partial charge in [-0.1, -0.05) is 36.4 Å². The lowest BCUT2D eigenvalue weighted by molar-refractivity contribution is -0.119. The van der Waals surface area contributed by atoms with E-state index < -0.39 is 0 Å². The quantitative estimate of drug-likeness (QED) is 0.505. The van der Waals surface area contributed by atoms with E-state index in [1.165, 1.54) is 10.9 Å². The molecule has 2 aromatic carbocycles. The molecule has 0 aliphatic rings. The van der Waals surface area contributed by atoms with E-state index in [1.807, 2.05) is 24.3 Å². The molecular formula is C24H33N3O3. The summed E-state index contributed by atoms with van der Waals surface area (Å²) in [6.07, 6.45) is 2.99. The molecule has 1 heterocycles. The fraction of sp³-hybridized carbons (Fsp3) is 0.375. The summed E-state index contributed by atoms with van der Waals surface area (Å²) in [7, 11) is 4.82. The number of nitrogens with zero attached hydrogens (tertiary/aromatic N) is 1. The summed E-state index contributed by atoms with van der Waals surface area (Å²) < 4.78 is 5.48. The summed E-state index contributed by atoms with van der Waals surface area (Å²) in [6, 6.07) is 16.5. The number of H-pyrrole nitrogens is 1. The first kappa shape index (κ1) is 23.4. The Hall–Kier alpha value is -2.83. The van der Waals surface area contributed by atoms with Crippen molar-refractivity contribution in [1.82, 2.24) is 15.2 Å². The Bertz CT molecular complexity index is 923. The van der Waals surface area contributed by atoms with E-state index in [2.05, 4.69) is 52.7 Å². The zero-order valence-corrected chi connectivity index (χ0v) is 18.3. The van der Waals surface area contributed by atoms with Crippen LogP contribution in [0.2, 0.25) is 0 Å². The van der Waals surface area contributed by atoms with E-state index in [4.69, 9.17) is 9.84 Å². The van der Waals surface area contributed by atoms with Crippen LogP contribution in [0.3, 0.4) is 0 Å². The fourth-order valence-electron chi connectivity index (χ4n) is 3.73. The van der Waals surface area contributed by atoms with Gasteiger partial charge in [0, 0.05) is 56.3 Å². The lowest BCUT2D eigenvalue weighted by atomic mass is 9.98. The molecule has 0 radical (unpaired) electrons. The van der Waals surface area contributed by atoms with Gasteiger partial charge in [0.1, 0.15) is 5.75 Å². The number of hydrogen-bond donors (Lipinski definition) is 3. The third-order valence-electron chi connectivity index (χ3n) is 5.03. The SMILES string of the molecule is CO.COc1ccccc1CN(C)CC(CNC(C)=O)Cc1c[nH]c2ccccc12. The van der Waals surface area contributed by atoms with Crippen molar-refractivity contribution in [2.45, 2.75) is 19.9 Å². The molecule has 3 N–H and O–H groups in total. The number of nitrogens with one attached hydrogen (secondary N) is 2. The van der Waals surface area contributed by atoms with Crippen LogP contribution in [0.4, 0.5) is 0 Å². The predicted octanol–water partition coefficient (Wildman–Crippen LogP) is 3.21. The highest BCUT2D eigenvalue weighted by Crippen LogP contribution is 2.22. The standard InChI is InChI=1S/C23H29N3O2.CH4O/c1-17(27)24-13-18(12-20-14-25-22-10-6-5-9-21(20)22)15-26(2)16-19-8-4-7-11-23(19)28-3;1-2/h4-11,14,18,25H,12-13,15-16H2,1-3H3,(H,24,27);2H,1H3. The highest BCUT2D eigenvalue weighted by molar-refractivity contribution is 5.83. The van der Waals surface area contributed by atoms with Crippen molar-refractivity contribution >= 4 is 16.8 Å². The van der Waals surface area contributed by atoms with Crippen LogP contribution < -0.4 is 10.1 Å². The van der Waals surface area contributed by atoms with E-state index in [9.17, 15) is 4.79 Å². The number of aliphatic hydroxyl groups is 1. The minimum absolute atomic E-state index is 0.0105. The van der Waals surface area contributed by atoms with Crippen molar-refractivity contribution in [2.24, 2.45) is 5.92 Å². The van der Waals surface area contributed by atoms with Gasteiger partial charge in [-0.2, -0.15) is 0 Å². The Balaban J connectivity index is 0.00000155. The third kappa shape index (κ3) is 6.61. The number of fused-ring (bicyclic) bond motifs is 1. The number of ether oxygens (including phenoxy) is 1. The number of para-hydroxylation sites is 2. The van der Waals surface area contributed by atoms with Gasteiger partial charge in [-0.3, -0.25) is 4.79 Å². The van der Waals surface area contributed by atoms with Crippen LogP contribution in [-0.4, -0.2) is 55.3 Å². The molecule has 0 saturated carbocycles. The van der Waals surface area contributed by atoms with Crippen molar-refractivity contribution in [1.29, 1.82) is 0 Å². The number of amides is 1. The number of aliphatic hydroxyl groups excluding tert-OH is 1. The number of carbonyl (C=O) groups is 1. The molecule has 0 spiro atoms. The summed E-state index contributed by atoms with van der Waals surface area (Å²) in [6.45, 7) is 3.90. The van der Waals surface area contributed by atoms with Gasteiger partial charge < -0.3 is 25.0 Å². The molecule has 0 bridgehead atoms. The van der Waals surface area contributed by atoms with Gasteiger partial charge in [-0.25, -0.2) is 0 Å². The van der Waals surface area contributed by atoms with Crippen molar-refractivity contribution < 1.29 is 14.6 Å². The molecule has 6 heteroatoms. The molecule has 0 saturated heterocycles. The second kappa shape index (κ2) is 12.0. The summed E-state index contributed by atoms with van der Waals surface area (Å²) in [4.78, 5) is 17.1. The maximum absolute atomic E-state index is 11.5. The van der Waals surface area contributed by atoms with Gasteiger partial charge >= 0.3 is 0 Å². The topological polar surface area (TPSA) is 77.6 Å². The molecule has 1 amide bonds. The highest BCUT2D eigenvalue weighted by atomic mass is 16.5. The Labute approximate surface area is 178 Å². The fourth-order valence-corrected chi connectivity index (χ4v) is 3.73. The molecule has 0 aliphatic heterocycles. The first-order valence-corrected chi connectivity index (χ1v) is 10.1. The van der Waals surface area contributed by atoms with E-state index in [1.54, 1.807) is 14.0 Å². The smallest absolute Gasteiger partial charge is 0.216 e. The highest BCUT2D eigenvalue weighted by Gasteiger charge is 2.16. The van der Waals surface area contributed by atoms with Crippen LogP contribution in [0.15, 0.2) is 54.7 Å². The number of benzene rings is 2. The Kier molecular flexibility index (Phi) is 9.38. The van der Waals surface area contributed by atoms with Crippen molar-refractivity contribution in [3.05, 3.63) is 65.9 Å². The average molecular weight is 412 g/mol. The van der Waals surface area contributed by atoms with Gasteiger partial charge in [0.2, 0.25) is 5.91 Å². The van der Waals surface area contributed by atoms with Crippen LogP contribution in [0, 0.1) is 5.92 Å². The largest absolute Gasteiger partial charge is 0.496 e. The molecule has 1 atom stereocenters. The van der Waals surface area contributed by atoms with Crippen LogP contribution >= 0.6 is 0 Å². The number of carbonyl (C=O) groups excluding carboxylic acids is 1. The zero-order valence-electron chi connectivity index (χ0n) is 18.3. The molecule has 30 heavy (non-hydrogen) atoms. The van der Waals surface area contributed by atoms with Gasteiger partial charge in [0.05, 0.1) is 7.11 Å². The van der Waals surface area contributed by atoms with Gasteiger partial charge in [-0.05, 0) is 37.1 Å². The zero-order chi connectivity index (χ0) is 21.9. The van der Waals surface area contributed by atoms with Gasteiger partial charge in [0.15, 0.2) is 0 Å². The van der Waals surface area contributed by atoms with E-state index in [0.717, 1.165) is 43.4 Å². The van der Waals surface area contributed by atoms with Gasteiger partial charge in [0.25, 0.3) is 0 Å².